The van der Waals surface area contributed by atoms with Crippen molar-refractivity contribution in [1.29, 1.82) is 0 Å². The maximum atomic E-state index is 12.6. The number of benzene rings is 1. The first-order valence-electron chi connectivity index (χ1n) is 6.18. The van der Waals surface area contributed by atoms with Gasteiger partial charge in [-0.15, -0.1) is 0 Å². The lowest BCUT2D eigenvalue weighted by molar-refractivity contribution is -0.137. The van der Waals surface area contributed by atoms with Gasteiger partial charge in [0.25, 0.3) is 0 Å². The second-order valence-corrected chi connectivity index (χ2v) is 4.60. The van der Waals surface area contributed by atoms with Crippen LogP contribution in [-0.2, 0) is 10.9 Å². The van der Waals surface area contributed by atoms with Gasteiger partial charge in [0.1, 0.15) is 0 Å². The molecule has 21 heavy (non-hydrogen) atoms. The summed E-state index contributed by atoms with van der Waals surface area (Å²) in [4.78, 5) is 13.1. The van der Waals surface area contributed by atoms with Crippen LogP contribution in [0.15, 0.2) is 24.3 Å². The summed E-state index contributed by atoms with van der Waals surface area (Å²) >= 11 is 0. The first-order valence-corrected chi connectivity index (χ1v) is 6.18. The molecule has 8 heteroatoms. The summed E-state index contributed by atoms with van der Waals surface area (Å²) in [5.41, 5.74) is 4.95. The lowest BCUT2D eigenvalue weighted by Gasteiger charge is -2.21. The summed E-state index contributed by atoms with van der Waals surface area (Å²) < 4.78 is 42.5. The van der Waals surface area contributed by atoms with Crippen LogP contribution in [0.5, 0.6) is 0 Å². The smallest absolute Gasteiger partial charge is 0.383 e. The van der Waals surface area contributed by atoms with E-state index in [0.29, 0.717) is 0 Å². The van der Waals surface area contributed by atoms with Crippen LogP contribution in [0.4, 0.5) is 23.7 Å². The van der Waals surface area contributed by atoms with Crippen molar-refractivity contribution in [2.24, 2.45) is 5.73 Å². The Hall–Kier alpha value is -1.80. The van der Waals surface area contributed by atoms with Gasteiger partial charge in [0.05, 0.1) is 12.2 Å². The zero-order valence-electron chi connectivity index (χ0n) is 11.8. The molecule has 1 atom stereocenters. The minimum atomic E-state index is -4.45. The van der Waals surface area contributed by atoms with E-state index in [0.717, 1.165) is 12.1 Å². The van der Waals surface area contributed by atoms with Gasteiger partial charge < -0.3 is 20.7 Å². The number of likely N-dealkylation sites (N-methyl/N-ethyl adjacent to an activating group) is 1. The van der Waals surface area contributed by atoms with Gasteiger partial charge in [-0.25, -0.2) is 4.79 Å². The molecule has 0 radical (unpaired) electrons. The van der Waals surface area contributed by atoms with Gasteiger partial charge in [-0.1, -0.05) is 6.07 Å². The van der Waals surface area contributed by atoms with E-state index in [2.05, 4.69) is 5.32 Å². The number of halogens is 3. The Kier molecular flexibility index (Phi) is 5.98. The third-order valence-electron chi connectivity index (χ3n) is 2.68. The molecule has 1 rings (SSSR count). The number of amides is 2. The number of nitrogens with zero attached hydrogens (tertiary/aromatic N) is 1. The van der Waals surface area contributed by atoms with Crippen LogP contribution in [0.2, 0.25) is 0 Å². The SMILES string of the molecule is COCC(N)CN(C)C(=O)Nc1cccc(C(F)(F)F)c1. The van der Waals surface area contributed by atoms with Crippen molar-refractivity contribution in [1.82, 2.24) is 4.90 Å². The van der Waals surface area contributed by atoms with Crippen molar-refractivity contribution in [2.75, 3.05) is 32.6 Å². The third-order valence-corrected chi connectivity index (χ3v) is 2.68. The van der Waals surface area contributed by atoms with E-state index in [1.165, 1.54) is 31.2 Å². The van der Waals surface area contributed by atoms with Crippen molar-refractivity contribution in [3.8, 4) is 0 Å². The fourth-order valence-corrected chi connectivity index (χ4v) is 1.69. The molecule has 0 heterocycles. The van der Waals surface area contributed by atoms with Gasteiger partial charge in [-0.05, 0) is 18.2 Å². The summed E-state index contributed by atoms with van der Waals surface area (Å²) in [6.45, 7) is 0.500. The third kappa shape index (κ3) is 5.60. The number of carbonyl (C=O) groups is 1. The molecule has 1 unspecified atom stereocenters. The number of methoxy groups -OCH3 is 1. The molecule has 0 aliphatic rings. The Morgan fingerprint density at radius 1 is 1.48 bits per heavy atom. The van der Waals surface area contributed by atoms with E-state index in [9.17, 15) is 18.0 Å². The number of alkyl halides is 3. The normalized spacial score (nSPS) is 12.9. The van der Waals surface area contributed by atoms with E-state index >= 15 is 0 Å². The first kappa shape index (κ1) is 17.3. The highest BCUT2D eigenvalue weighted by atomic mass is 19.4. The number of anilines is 1. The quantitative estimate of drug-likeness (QED) is 0.876. The van der Waals surface area contributed by atoms with E-state index in [1.807, 2.05) is 0 Å². The lowest BCUT2D eigenvalue weighted by atomic mass is 10.2. The molecule has 0 spiro atoms. The van der Waals surface area contributed by atoms with Crippen molar-refractivity contribution < 1.29 is 22.7 Å². The van der Waals surface area contributed by atoms with Gasteiger partial charge in [0.2, 0.25) is 0 Å². The highest BCUT2D eigenvalue weighted by Crippen LogP contribution is 2.30. The molecule has 0 bridgehead atoms. The number of carbonyl (C=O) groups excluding carboxylic acids is 1. The van der Waals surface area contributed by atoms with Crippen LogP contribution in [0.1, 0.15) is 5.56 Å². The molecule has 5 nitrogen and oxygen atoms in total. The number of ether oxygens (including phenoxy) is 1. The number of hydrogen-bond acceptors (Lipinski definition) is 3. The Morgan fingerprint density at radius 2 is 2.14 bits per heavy atom. The van der Waals surface area contributed by atoms with Crippen LogP contribution >= 0.6 is 0 Å². The maximum absolute atomic E-state index is 12.6. The van der Waals surface area contributed by atoms with Crippen LogP contribution < -0.4 is 11.1 Å². The van der Waals surface area contributed by atoms with Crippen molar-refractivity contribution in [2.45, 2.75) is 12.2 Å². The standard InChI is InChI=1S/C13H18F3N3O2/c1-19(7-10(17)8-21-2)12(20)18-11-5-3-4-9(6-11)13(14,15)16/h3-6,10H,7-8,17H2,1-2H3,(H,18,20). The minimum Gasteiger partial charge on any atom is -0.383 e. The molecule has 0 saturated heterocycles. The van der Waals surface area contributed by atoms with Crippen molar-refractivity contribution in [3.63, 3.8) is 0 Å². The van der Waals surface area contributed by atoms with Gasteiger partial charge in [0.15, 0.2) is 0 Å². The predicted molar refractivity (Wildman–Crippen MR) is 72.9 cm³/mol. The van der Waals surface area contributed by atoms with E-state index in [1.54, 1.807) is 0 Å². The second-order valence-electron chi connectivity index (χ2n) is 4.60. The molecule has 2 amide bonds. The summed E-state index contributed by atoms with van der Waals surface area (Å²) in [5.74, 6) is 0. The molecule has 1 aromatic carbocycles. The summed E-state index contributed by atoms with van der Waals surface area (Å²) in [5, 5.41) is 2.39. The molecule has 3 N–H and O–H groups in total. The van der Waals surface area contributed by atoms with Crippen LogP contribution in [0.3, 0.4) is 0 Å². The Balaban J connectivity index is 2.66. The second kappa shape index (κ2) is 7.28. The number of urea groups is 1. The Morgan fingerprint density at radius 3 is 2.71 bits per heavy atom. The first-order chi connectivity index (χ1) is 9.74. The number of rotatable bonds is 5. The maximum Gasteiger partial charge on any atom is 0.416 e. The minimum absolute atomic E-state index is 0.0713. The zero-order valence-corrected chi connectivity index (χ0v) is 11.8. The van der Waals surface area contributed by atoms with Crippen molar-refractivity contribution >= 4 is 11.7 Å². The van der Waals surface area contributed by atoms with Crippen LogP contribution in [0, 0.1) is 0 Å². The fraction of sp³-hybridized carbons (Fsp3) is 0.462. The topological polar surface area (TPSA) is 67.6 Å². The largest absolute Gasteiger partial charge is 0.416 e. The molecule has 118 valence electrons. The van der Waals surface area contributed by atoms with Gasteiger partial charge in [-0.3, -0.25) is 0 Å². The summed E-state index contributed by atoms with van der Waals surface area (Å²) in [7, 11) is 2.99. The molecule has 0 fully saturated rings. The number of nitrogens with one attached hydrogen (secondary N) is 1. The predicted octanol–water partition coefficient (Wildman–Crippen LogP) is 2.14. The van der Waals surface area contributed by atoms with E-state index in [4.69, 9.17) is 10.5 Å². The highest BCUT2D eigenvalue weighted by molar-refractivity contribution is 5.89. The van der Waals surface area contributed by atoms with Crippen molar-refractivity contribution in [3.05, 3.63) is 29.8 Å². The lowest BCUT2D eigenvalue weighted by Crippen LogP contribution is -2.42. The Labute approximate surface area is 120 Å². The van der Waals surface area contributed by atoms with Gasteiger partial charge in [0, 0.05) is 32.4 Å². The van der Waals surface area contributed by atoms with E-state index < -0.39 is 17.8 Å². The molecular weight excluding hydrogens is 287 g/mol. The Bertz CT molecular complexity index is 480. The average Bonchev–Trinajstić information content (AvgIpc) is 2.38. The molecule has 0 saturated carbocycles. The van der Waals surface area contributed by atoms with Gasteiger partial charge >= 0.3 is 12.2 Å². The molecule has 0 aliphatic carbocycles. The zero-order chi connectivity index (χ0) is 16.0. The molecular formula is C13H18F3N3O2. The van der Waals surface area contributed by atoms with Crippen LogP contribution in [-0.4, -0.2) is 44.3 Å². The number of hydrogen-bond donors (Lipinski definition) is 2. The molecule has 1 aromatic rings. The monoisotopic (exact) mass is 305 g/mol. The molecule has 0 aromatic heterocycles. The van der Waals surface area contributed by atoms with Gasteiger partial charge in [-0.2, -0.15) is 13.2 Å². The summed E-state index contributed by atoms with van der Waals surface area (Å²) in [6, 6.07) is 3.52. The average molecular weight is 305 g/mol. The molecule has 0 aliphatic heterocycles. The summed E-state index contributed by atoms with van der Waals surface area (Å²) in [6.07, 6.45) is -4.45. The van der Waals surface area contributed by atoms with Crippen LogP contribution in [0.25, 0.3) is 0 Å². The fourth-order valence-electron chi connectivity index (χ4n) is 1.69. The van der Waals surface area contributed by atoms with E-state index in [-0.39, 0.29) is 24.9 Å². The number of nitrogens with two attached hydrogens (primary N) is 1. The highest BCUT2D eigenvalue weighted by Gasteiger charge is 2.30.